The van der Waals surface area contributed by atoms with Crippen LogP contribution in [-0.2, 0) is 13.6 Å². The number of imidazole rings is 1. The monoisotopic (exact) mass is 277 g/mol. The largest absolute Gasteiger partial charge is 0.496 e. The first-order valence-electron chi connectivity index (χ1n) is 5.71. The van der Waals surface area contributed by atoms with Gasteiger partial charge < -0.3 is 15.0 Å². The summed E-state index contributed by atoms with van der Waals surface area (Å²) in [5, 5.41) is 0. The number of hydrogen-bond acceptors (Lipinski definition) is 3. The molecule has 0 unspecified atom stereocenters. The summed E-state index contributed by atoms with van der Waals surface area (Å²) in [7, 11) is 3.30. The zero-order valence-electron chi connectivity index (χ0n) is 10.8. The van der Waals surface area contributed by atoms with Crippen LogP contribution in [0.2, 0.25) is 0 Å². The predicted octanol–water partition coefficient (Wildman–Crippen LogP) is 0.878. The fourth-order valence-corrected chi connectivity index (χ4v) is 2.00. The second-order valence-corrected chi connectivity index (χ2v) is 4.65. The summed E-state index contributed by atoms with van der Waals surface area (Å²) in [5.74, 6) is 0.704. The van der Waals surface area contributed by atoms with Crippen LogP contribution in [0.5, 0.6) is 5.75 Å². The van der Waals surface area contributed by atoms with Crippen molar-refractivity contribution < 1.29 is 4.74 Å². The summed E-state index contributed by atoms with van der Waals surface area (Å²) in [6.07, 6.45) is 3.45. The van der Waals surface area contributed by atoms with Gasteiger partial charge in [0.25, 0.3) is 0 Å². The van der Waals surface area contributed by atoms with Crippen LogP contribution in [0.1, 0.15) is 11.1 Å². The summed E-state index contributed by atoms with van der Waals surface area (Å²) in [4.78, 5) is 12.1. The SMILES string of the molecule is COc1ccc(C(N)=S)cc1Cn1ccn(C)c1=O. The van der Waals surface area contributed by atoms with Gasteiger partial charge in [0.2, 0.25) is 0 Å². The average molecular weight is 277 g/mol. The first kappa shape index (κ1) is 13.4. The molecule has 5 nitrogen and oxygen atoms in total. The Morgan fingerprint density at radius 1 is 1.42 bits per heavy atom. The normalized spacial score (nSPS) is 10.4. The molecule has 0 fully saturated rings. The fourth-order valence-electron chi connectivity index (χ4n) is 1.87. The molecule has 2 aromatic rings. The van der Waals surface area contributed by atoms with Crippen molar-refractivity contribution in [2.24, 2.45) is 12.8 Å². The number of ether oxygens (including phenoxy) is 1. The Kier molecular flexibility index (Phi) is 3.71. The molecule has 0 amide bonds. The number of nitrogens with two attached hydrogens (primary N) is 1. The van der Waals surface area contributed by atoms with E-state index in [0.717, 1.165) is 11.1 Å². The third-order valence-corrected chi connectivity index (χ3v) is 3.16. The van der Waals surface area contributed by atoms with Gasteiger partial charge in [0.05, 0.1) is 13.7 Å². The third-order valence-electron chi connectivity index (χ3n) is 2.92. The maximum absolute atomic E-state index is 11.8. The van der Waals surface area contributed by atoms with Gasteiger partial charge in [-0.2, -0.15) is 0 Å². The van der Waals surface area contributed by atoms with E-state index < -0.39 is 0 Å². The van der Waals surface area contributed by atoms with Gasteiger partial charge in [-0.15, -0.1) is 0 Å². The molecule has 0 spiro atoms. The Morgan fingerprint density at radius 2 is 2.16 bits per heavy atom. The summed E-state index contributed by atoms with van der Waals surface area (Å²) >= 11 is 4.96. The van der Waals surface area contributed by atoms with Gasteiger partial charge in [0.1, 0.15) is 10.7 Å². The van der Waals surface area contributed by atoms with Gasteiger partial charge >= 0.3 is 5.69 Å². The van der Waals surface area contributed by atoms with Crippen molar-refractivity contribution in [2.45, 2.75) is 6.54 Å². The minimum Gasteiger partial charge on any atom is -0.496 e. The van der Waals surface area contributed by atoms with Gasteiger partial charge in [0, 0.05) is 30.6 Å². The van der Waals surface area contributed by atoms with Crippen molar-refractivity contribution in [2.75, 3.05) is 7.11 Å². The lowest BCUT2D eigenvalue weighted by atomic mass is 10.1. The fraction of sp³-hybridized carbons (Fsp3) is 0.231. The van der Waals surface area contributed by atoms with Crippen molar-refractivity contribution in [1.29, 1.82) is 0 Å². The second-order valence-electron chi connectivity index (χ2n) is 4.21. The molecule has 0 saturated carbocycles. The first-order valence-corrected chi connectivity index (χ1v) is 6.12. The summed E-state index contributed by atoms with van der Waals surface area (Å²) < 4.78 is 8.41. The van der Waals surface area contributed by atoms with Gasteiger partial charge in [-0.1, -0.05) is 12.2 Å². The molecule has 100 valence electrons. The van der Waals surface area contributed by atoms with Gasteiger partial charge in [-0.3, -0.25) is 4.57 Å². The number of methoxy groups -OCH3 is 1. The molecule has 2 N–H and O–H groups in total. The Bertz CT molecular complexity index is 673. The van der Waals surface area contributed by atoms with Crippen molar-refractivity contribution in [1.82, 2.24) is 9.13 Å². The zero-order valence-corrected chi connectivity index (χ0v) is 11.6. The second kappa shape index (κ2) is 5.27. The Labute approximate surface area is 116 Å². The number of nitrogens with zero attached hydrogens (tertiary/aromatic N) is 2. The predicted molar refractivity (Wildman–Crippen MR) is 77.7 cm³/mol. The Morgan fingerprint density at radius 3 is 2.68 bits per heavy atom. The molecule has 0 aliphatic carbocycles. The quantitative estimate of drug-likeness (QED) is 0.843. The lowest BCUT2D eigenvalue weighted by Crippen LogP contribution is -2.22. The van der Waals surface area contributed by atoms with Crippen LogP contribution in [-0.4, -0.2) is 21.2 Å². The van der Waals surface area contributed by atoms with Crippen LogP contribution < -0.4 is 16.2 Å². The van der Waals surface area contributed by atoms with E-state index in [0.29, 0.717) is 17.3 Å². The van der Waals surface area contributed by atoms with E-state index in [1.54, 1.807) is 43.3 Å². The molecular formula is C13H15N3O2S. The lowest BCUT2D eigenvalue weighted by molar-refractivity contribution is 0.408. The number of rotatable bonds is 4. The van der Waals surface area contributed by atoms with Crippen LogP contribution >= 0.6 is 12.2 Å². The van der Waals surface area contributed by atoms with Crippen LogP contribution in [0, 0.1) is 0 Å². The highest BCUT2D eigenvalue weighted by Crippen LogP contribution is 2.20. The highest BCUT2D eigenvalue weighted by Gasteiger charge is 2.08. The molecule has 2 rings (SSSR count). The van der Waals surface area contributed by atoms with E-state index in [1.165, 1.54) is 4.57 Å². The molecule has 1 heterocycles. The zero-order chi connectivity index (χ0) is 14.0. The van der Waals surface area contributed by atoms with E-state index >= 15 is 0 Å². The molecule has 1 aromatic heterocycles. The van der Waals surface area contributed by atoms with Crippen molar-refractivity contribution in [3.05, 3.63) is 52.2 Å². The third kappa shape index (κ3) is 2.68. The van der Waals surface area contributed by atoms with E-state index in [1.807, 2.05) is 6.07 Å². The van der Waals surface area contributed by atoms with Gasteiger partial charge in [-0.05, 0) is 18.2 Å². The van der Waals surface area contributed by atoms with Crippen molar-refractivity contribution >= 4 is 17.2 Å². The van der Waals surface area contributed by atoms with Crippen LogP contribution in [0.15, 0.2) is 35.4 Å². The van der Waals surface area contributed by atoms with Crippen LogP contribution in [0.3, 0.4) is 0 Å². The number of hydrogen-bond donors (Lipinski definition) is 1. The molecule has 6 heteroatoms. The molecule has 0 bridgehead atoms. The Balaban J connectivity index is 2.43. The highest BCUT2D eigenvalue weighted by atomic mass is 32.1. The van der Waals surface area contributed by atoms with Crippen molar-refractivity contribution in [3.63, 3.8) is 0 Å². The van der Waals surface area contributed by atoms with Crippen LogP contribution in [0.25, 0.3) is 0 Å². The maximum Gasteiger partial charge on any atom is 0.328 e. The topological polar surface area (TPSA) is 62.2 Å². The van der Waals surface area contributed by atoms with E-state index in [2.05, 4.69) is 0 Å². The summed E-state index contributed by atoms with van der Waals surface area (Å²) in [6.45, 7) is 0.416. The number of thiocarbonyl (C=S) groups is 1. The van der Waals surface area contributed by atoms with Gasteiger partial charge in [0.15, 0.2) is 0 Å². The minimum absolute atomic E-state index is 0.0808. The molecule has 19 heavy (non-hydrogen) atoms. The Hall–Kier alpha value is -2.08. The number of aromatic nitrogens is 2. The van der Waals surface area contributed by atoms with E-state index in [9.17, 15) is 4.79 Å². The molecular weight excluding hydrogens is 262 g/mol. The molecule has 0 saturated heterocycles. The standard InChI is InChI=1S/C13H15N3O2S/c1-15-5-6-16(13(15)17)8-10-7-9(12(14)19)3-4-11(10)18-2/h3-7H,8H2,1-2H3,(H2,14,19). The minimum atomic E-state index is -0.0808. The number of aryl methyl sites for hydroxylation is 1. The average Bonchev–Trinajstić information content (AvgIpc) is 2.70. The van der Waals surface area contributed by atoms with Crippen molar-refractivity contribution in [3.8, 4) is 5.75 Å². The van der Waals surface area contributed by atoms with E-state index in [4.69, 9.17) is 22.7 Å². The van der Waals surface area contributed by atoms with Crippen LogP contribution in [0.4, 0.5) is 0 Å². The molecule has 1 aromatic carbocycles. The smallest absolute Gasteiger partial charge is 0.328 e. The molecule has 0 aliphatic heterocycles. The number of benzene rings is 1. The summed E-state index contributed by atoms with van der Waals surface area (Å²) in [5.41, 5.74) is 7.16. The highest BCUT2D eigenvalue weighted by molar-refractivity contribution is 7.80. The lowest BCUT2D eigenvalue weighted by Gasteiger charge is -2.10. The van der Waals surface area contributed by atoms with Gasteiger partial charge in [-0.25, -0.2) is 4.79 Å². The molecule has 0 radical (unpaired) electrons. The molecule has 0 aliphatic rings. The summed E-state index contributed by atoms with van der Waals surface area (Å²) in [6, 6.07) is 5.46. The molecule has 0 atom stereocenters. The maximum atomic E-state index is 11.8. The van der Waals surface area contributed by atoms with E-state index in [-0.39, 0.29) is 5.69 Å². The first-order chi connectivity index (χ1) is 9.02.